The summed E-state index contributed by atoms with van der Waals surface area (Å²) in [5.41, 5.74) is 3.27. The fourth-order valence-corrected chi connectivity index (χ4v) is 3.45. The highest BCUT2D eigenvalue weighted by Crippen LogP contribution is 2.22. The Balaban J connectivity index is 1.68. The minimum absolute atomic E-state index is 0.504. The van der Waals surface area contributed by atoms with Gasteiger partial charge in [-0.2, -0.15) is 0 Å². The van der Waals surface area contributed by atoms with Crippen LogP contribution in [0.15, 0.2) is 48.5 Å². The van der Waals surface area contributed by atoms with E-state index in [0.717, 1.165) is 35.0 Å². The maximum Gasteiger partial charge on any atom is 0.124 e. The number of hydrogen-bond donors (Lipinski definition) is 0. The summed E-state index contributed by atoms with van der Waals surface area (Å²) in [7, 11) is 0. The minimum Gasteiger partial charge on any atom is -0.322 e. The van der Waals surface area contributed by atoms with Gasteiger partial charge >= 0.3 is 0 Å². The van der Waals surface area contributed by atoms with E-state index in [4.69, 9.17) is 16.6 Å². The Morgan fingerprint density at radius 2 is 1.88 bits per heavy atom. The van der Waals surface area contributed by atoms with Gasteiger partial charge in [0.15, 0.2) is 0 Å². The Labute approximate surface area is 145 Å². The van der Waals surface area contributed by atoms with Crippen LogP contribution in [0, 0.1) is 0 Å². The van der Waals surface area contributed by atoms with Crippen molar-refractivity contribution in [3.63, 3.8) is 0 Å². The molecule has 0 amide bonds. The van der Waals surface area contributed by atoms with Gasteiger partial charge < -0.3 is 4.57 Å². The van der Waals surface area contributed by atoms with Gasteiger partial charge in [0.1, 0.15) is 12.0 Å². The molecule has 1 fully saturated rings. The number of likely N-dealkylation sites (tertiary alicyclic amines) is 1. The number of nitrogens with zero attached hydrogens (tertiary/aromatic N) is 3. The normalized spacial score (nSPS) is 18.5. The second-order valence-corrected chi connectivity index (χ2v) is 6.79. The average Bonchev–Trinajstić information content (AvgIpc) is 3.14. The molecule has 0 radical (unpaired) electrons. The molecule has 3 nitrogen and oxygen atoms in total. The molecule has 1 aliphatic rings. The summed E-state index contributed by atoms with van der Waals surface area (Å²) in [5, 5.41) is 0.737. The third-order valence-electron chi connectivity index (χ3n) is 4.57. The number of halogens is 2. The van der Waals surface area contributed by atoms with E-state index in [1.165, 1.54) is 5.56 Å². The molecular formula is C19H19ClFN3. The molecule has 24 heavy (non-hydrogen) atoms. The van der Waals surface area contributed by atoms with E-state index in [1.54, 1.807) is 0 Å². The third kappa shape index (κ3) is 3.17. The second-order valence-electron chi connectivity index (χ2n) is 6.35. The summed E-state index contributed by atoms with van der Waals surface area (Å²) in [5.74, 6) is 0.986. The third-order valence-corrected chi connectivity index (χ3v) is 4.82. The maximum absolute atomic E-state index is 13.5. The zero-order valence-corrected chi connectivity index (χ0v) is 14.1. The van der Waals surface area contributed by atoms with Gasteiger partial charge in [0.05, 0.1) is 17.6 Å². The van der Waals surface area contributed by atoms with Crippen LogP contribution in [0.1, 0.15) is 17.8 Å². The number of rotatable bonds is 4. The van der Waals surface area contributed by atoms with E-state index < -0.39 is 6.17 Å². The topological polar surface area (TPSA) is 21.1 Å². The molecule has 2 aromatic carbocycles. The van der Waals surface area contributed by atoms with Crippen molar-refractivity contribution in [2.45, 2.75) is 25.7 Å². The van der Waals surface area contributed by atoms with E-state index in [9.17, 15) is 4.39 Å². The Hall–Kier alpha value is -1.91. The van der Waals surface area contributed by atoms with E-state index in [-0.39, 0.29) is 0 Å². The Bertz CT molecular complexity index is 843. The minimum atomic E-state index is -0.709. The predicted octanol–water partition coefficient (Wildman–Crippen LogP) is 4.28. The van der Waals surface area contributed by atoms with E-state index in [2.05, 4.69) is 15.5 Å². The monoisotopic (exact) mass is 343 g/mol. The first kappa shape index (κ1) is 15.6. The van der Waals surface area contributed by atoms with E-state index >= 15 is 0 Å². The summed E-state index contributed by atoms with van der Waals surface area (Å²) in [6.45, 7) is 2.72. The summed E-state index contributed by atoms with van der Waals surface area (Å²) < 4.78 is 15.7. The van der Waals surface area contributed by atoms with Gasteiger partial charge in [-0.3, -0.25) is 4.90 Å². The van der Waals surface area contributed by atoms with E-state index in [0.29, 0.717) is 19.5 Å². The highest BCUT2D eigenvalue weighted by atomic mass is 35.5. The standard InChI is InChI=1S/C19H19ClFN3/c20-15-7-5-14(6-8-15)11-24-18-4-2-1-3-17(18)22-19(24)13-23-10-9-16(21)12-23/h1-8,16H,9-13H2. The highest BCUT2D eigenvalue weighted by Gasteiger charge is 2.23. The Morgan fingerprint density at radius 3 is 2.62 bits per heavy atom. The summed E-state index contributed by atoms with van der Waals surface area (Å²) >= 11 is 5.99. The van der Waals surface area contributed by atoms with Crippen LogP contribution in [0.4, 0.5) is 4.39 Å². The van der Waals surface area contributed by atoms with Crippen molar-refractivity contribution < 1.29 is 4.39 Å². The first-order valence-electron chi connectivity index (χ1n) is 8.24. The molecule has 1 atom stereocenters. The number of aromatic nitrogens is 2. The molecule has 1 saturated heterocycles. The van der Waals surface area contributed by atoms with Gasteiger partial charge in [0.2, 0.25) is 0 Å². The molecule has 0 N–H and O–H groups in total. The van der Waals surface area contributed by atoms with Crippen molar-refractivity contribution in [2.75, 3.05) is 13.1 Å². The lowest BCUT2D eigenvalue weighted by atomic mass is 10.2. The largest absolute Gasteiger partial charge is 0.322 e. The molecular weight excluding hydrogens is 325 g/mol. The molecule has 4 rings (SSSR count). The van der Waals surface area contributed by atoms with Crippen molar-refractivity contribution in [3.8, 4) is 0 Å². The van der Waals surface area contributed by atoms with E-state index in [1.807, 2.05) is 42.5 Å². The molecule has 5 heteroatoms. The number of fused-ring (bicyclic) bond motifs is 1. The number of benzene rings is 2. The van der Waals surface area contributed by atoms with Gasteiger partial charge in [0, 0.05) is 24.7 Å². The first-order chi connectivity index (χ1) is 11.7. The van der Waals surface area contributed by atoms with Crippen molar-refractivity contribution in [1.29, 1.82) is 0 Å². The molecule has 1 aliphatic heterocycles. The summed E-state index contributed by atoms with van der Waals surface area (Å²) in [4.78, 5) is 6.93. The van der Waals surface area contributed by atoms with Crippen LogP contribution in [0.3, 0.4) is 0 Å². The van der Waals surface area contributed by atoms with Crippen LogP contribution < -0.4 is 0 Å². The number of imidazole rings is 1. The quantitative estimate of drug-likeness (QED) is 0.705. The fourth-order valence-electron chi connectivity index (χ4n) is 3.32. The molecule has 124 valence electrons. The maximum atomic E-state index is 13.5. The van der Waals surface area contributed by atoms with Gasteiger partial charge in [0.25, 0.3) is 0 Å². The lowest BCUT2D eigenvalue weighted by molar-refractivity contribution is 0.275. The lowest BCUT2D eigenvalue weighted by Gasteiger charge is -2.16. The molecule has 2 heterocycles. The van der Waals surface area contributed by atoms with Crippen LogP contribution in [0.25, 0.3) is 11.0 Å². The van der Waals surface area contributed by atoms with Crippen molar-refractivity contribution in [1.82, 2.24) is 14.5 Å². The van der Waals surface area contributed by atoms with Crippen molar-refractivity contribution in [2.24, 2.45) is 0 Å². The zero-order chi connectivity index (χ0) is 16.5. The van der Waals surface area contributed by atoms with Crippen LogP contribution >= 0.6 is 11.6 Å². The lowest BCUT2D eigenvalue weighted by Crippen LogP contribution is -2.23. The Kier molecular flexibility index (Phi) is 4.25. The zero-order valence-electron chi connectivity index (χ0n) is 13.3. The number of para-hydroxylation sites is 2. The molecule has 0 spiro atoms. The Morgan fingerprint density at radius 1 is 1.08 bits per heavy atom. The van der Waals surface area contributed by atoms with Gasteiger partial charge in [-0.15, -0.1) is 0 Å². The average molecular weight is 344 g/mol. The number of hydrogen-bond acceptors (Lipinski definition) is 2. The first-order valence-corrected chi connectivity index (χ1v) is 8.62. The van der Waals surface area contributed by atoms with Crippen LogP contribution in [0.2, 0.25) is 5.02 Å². The van der Waals surface area contributed by atoms with Crippen molar-refractivity contribution in [3.05, 3.63) is 64.9 Å². The summed E-state index contributed by atoms with van der Waals surface area (Å²) in [6, 6.07) is 16.0. The molecule has 3 aromatic rings. The SMILES string of the molecule is FC1CCN(Cc2nc3ccccc3n2Cc2ccc(Cl)cc2)C1. The highest BCUT2D eigenvalue weighted by molar-refractivity contribution is 6.30. The summed E-state index contributed by atoms with van der Waals surface area (Å²) in [6.07, 6.45) is -0.0867. The second kappa shape index (κ2) is 6.54. The smallest absolute Gasteiger partial charge is 0.124 e. The van der Waals surface area contributed by atoms with Gasteiger partial charge in [-0.25, -0.2) is 9.37 Å². The molecule has 0 aliphatic carbocycles. The molecule has 0 bridgehead atoms. The van der Waals surface area contributed by atoms with Crippen LogP contribution in [-0.4, -0.2) is 33.7 Å². The molecule has 1 aromatic heterocycles. The van der Waals surface area contributed by atoms with Crippen molar-refractivity contribution >= 4 is 22.6 Å². The molecule has 1 unspecified atom stereocenters. The van der Waals surface area contributed by atoms with Crippen LogP contribution in [0.5, 0.6) is 0 Å². The van der Waals surface area contributed by atoms with Gasteiger partial charge in [-0.05, 0) is 36.2 Å². The molecule has 0 saturated carbocycles. The van der Waals surface area contributed by atoms with Crippen LogP contribution in [-0.2, 0) is 13.1 Å². The fraction of sp³-hybridized carbons (Fsp3) is 0.316. The van der Waals surface area contributed by atoms with Gasteiger partial charge in [-0.1, -0.05) is 35.9 Å². The predicted molar refractivity (Wildman–Crippen MR) is 95.1 cm³/mol. The number of alkyl halides is 1.